The summed E-state index contributed by atoms with van der Waals surface area (Å²) in [5.74, 6) is 1.45. The van der Waals surface area contributed by atoms with Crippen LogP contribution in [-0.2, 0) is 6.61 Å². The van der Waals surface area contributed by atoms with Crippen LogP contribution < -0.4 is 15.2 Å². The van der Waals surface area contributed by atoms with Crippen LogP contribution in [-0.4, -0.2) is 7.11 Å². The molecule has 0 aromatic heterocycles. The van der Waals surface area contributed by atoms with Gasteiger partial charge in [-0.1, -0.05) is 23.7 Å². The van der Waals surface area contributed by atoms with Crippen LogP contribution in [0.4, 0.5) is 5.69 Å². The molecule has 0 saturated carbocycles. The number of anilines is 1. The number of hydrogen-bond donors (Lipinski definition) is 1. The second-order valence-corrected chi connectivity index (χ2v) is 4.23. The summed E-state index contributed by atoms with van der Waals surface area (Å²) >= 11 is 6.02. The van der Waals surface area contributed by atoms with Crippen molar-refractivity contribution in [3.8, 4) is 11.5 Å². The molecule has 2 rings (SSSR count). The van der Waals surface area contributed by atoms with Crippen molar-refractivity contribution in [1.29, 1.82) is 0 Å². The Morgan fingerprint density at radius 1 is 1.11 bits per heavy atom. The first-order valence-electron chi connectivity index (χ1n) is 5.50. The maximum Gasteiger partial charge on any atom is 0.138 e. The van der Waals surface area contributed by atoms with Gasteiger partial charge in [0.2, 0.25) is 0 Å². The highest BCUT2D eigenvalue weighted by atomic mass is 35.5. The van der Waals surface area contributed by atoms with E-state index in [9.17, 15) is 0 Å². The zero-order valence-electron chi connectivity index (χ0n) is 10.0. The lowest BCUT2D eigenvalue weighted by Crippen LogP contribution is -1.96. The molecule has 18 heavy (non-hydrogen) atoms. The maximum absolute atomic E-state index is 6.02. The van der Waals surface area contributed by atoms with Crippen molar-refractivity contribution in [1.82, 2.24) is 0 Å². The number of rotatable bonds is 4. The molecule has 0 amide bonds. The summed E-state index contributed by atoms with van der Waals surface area (Å²) < 4.78 is 10.7. The van der Waals surface area contributed by atoms with Gasteiger partial charge in [0.15, 0.2) is 0 Å². The number of nitrogen functional groups attached to an aromatic ring is 1. The molecule has 2 aromatic carbocycles. The van der Waals surface area contributed by atoms with E-state index >= 15 is 0 Å². The van der Waals surface area contributed by atoms with Gasteiger partial charge in [-0.3, -0.25) is 0 Å². The van der Waals surface area contributed by atoms with Crippen molar-refractivity contribution >= 4 is 17.3 Å². The summed E-state index contributed by atoms with van der Waals surface area (Å²) in [6.07, 6.45) is 0. The van der Waals surface area contributed by atoms with E-state index in [4.69, 9.17) is 26.8 Å². The quantitative estimate of drug-likeness (QED) is 0.859. The van der Waals surface area contributed by atoms with Gasteiger partial charge < -0.3 is 15.2 Å². The summed E-state index contributed by atoms with van der Waals surface area (Å²) in [5.41, 5.74) is 7.28. The number of hydrogen-bond acceptors (Lipinski definition) is 3. The Balaban J connectivity index is 2.02. The number of nitrogens with two attached hydrogens (primary N) is 1. The highest BCUT2D eigenvalue weighted by Crippen LogP contribution is 2.27. The van der Waals surface area contributed by atoms with Gasteiger partial charge in [0.1, 0.15) is 18.1 Å². The highest BCUT2D eigenvalue weighted by Gasteiger charge is 2.02. The van der Waals surface area contributed by atoms with Gasteiger partial charge in [0.25, 0.3) is 0 Å². The third kappa shape index (κ3) is 3.08. The van der Waals surface area contributed by atoms with Gasteiger partial charge in [0, 0.05) is 5.69 Å². The summed E-state index contributed by atoms with van der Waals surface area (Å²) in [5, 5.41) is 0.517. The van der Waals surface area contributed by atoms with E-state index in [1.165, 1.54) is 0 Å². The van der Waals surface area contributed by atoms with Crippen LogP contribution >= 0.6 is 11.6 Å². The lowest BCUT2D eigenvalue weighted by molar-refractivity contribution is 0.306. The SMILES string of the molecule is COc1ccc(COc2ccc(N)cc2Cl)cc1. The summed E-state index contributed by atoms with van der Waals surface area (Å²) in [4.78, 5) is 0. The van der Waals surface area contributed by atoms with Gasteiger partial charge in [-0.25, -0.2) is 0 Å². The van der Waals surface area contributed by atoms with E-state index in [-0.39, 0.29) is 0 Å². The van der Waals surface area contributed by atoms with Crippen molar-refractivity contribution in [2.75, 3.05) is 12.8 Å². The number of halogens is 1. The molecule has 0 heterocycles. The van der Waals surface area contributed by atoms with Crippen LogP contribution in [0.5, 0.6) is 11.5 Å². The first kappa shape index (κ1) is 12.6. The highest BCUT2D eigenvalue weighted by molar-refractivity contribution is 6.32. The molecule has 0 spiro atoms. The van der Waals surface area contributed by atoms with Crippen molar-refractivity contribution in [3.63, 3.8) is 0 Å². The predicted molar refractivity (Wildman–Crippen MR) is 73.2 cm³/mol. The van der Waals surface area contributed by atoms with Gasteiger partial charge >= 0.3 is 0 Å². The third-order valence-corrected chi connectivity index (χ3v) is 2.80. The fraction of sp³-hybridized carbons (Fsp3) is 0.143. The molecule has 0 aliphatic carbocycles. The van der Waals surface area contributed by atoms with Crippen LogP contribution in [0.3, 0.4) is 0 Å². The van der Waals surface area contributed by atoms with E-state index in [0.29, 0.717) is 23.1 Å². The molecule has 0 aliphatic rings. The standard InChI is InChI=1S/C14H14ClNO2/c1-17-12-5-2-10(3-6-12)9-18-14-7-4-11(16)8-13(14)15/h2-8H,9,16H2,1H3. The van der Waals surface area contributed by atoms with E-state index in [1.807, 2.05) is 24.3 Å². The molecular weight excluding hydrogens is 250 g/mol. The van der Waals surface area contributed by atoms with Crippen LogP contribution in [0, 0.1) is 0 Å². The molecular formula is C14H14ClNO2. The van der Waals surface area contributed by atoms with E-state index in [1.54, 1.807) is 25.3 Å². The van der Waals surface area contributed by atoms with Crippen LogP contribution in [0.25, 0.3) is 0 Å². The van der Waals surface area contributed by atoms with Gasteiger partial charge in [-0.2, -0.15) is 0 Å². The smallest absolute Gasteiger partial charge is 0.138 e. The first-order valence-corrected chi connectivity index (χ1v) is 5.87. The molecule has 0 unspecified atom stereocenters. The molecule has 94 valence electrons. The second-order valence-electron chi connectivity index (χ2n) is 3.83. The number of ether oxygens (including phenoxy) is 2. The average molecular weight is 264 g/mol. The Bertz CT molecular complexity index is 526. The van der Waals surface area contributed by atoms with E-state index in [0.717, 1.165) is 11.3 Å². The topological polar surface area (TPSA) is 44.5 Å². The fourth-order valence-electron chi connectivity index (χ4n) is 1.52. The molecule has 0 atom stereocenters. The molecule has 0 radical (unpaired) electrons. The van der Waals surface area contributed by atoms with Crippen molar-refractivity contribution in [3.05, 3.63) is 53.1 Å². The zero-order chi connectivity index (χ0) is 13.0. The minimum Gasteiger partial charge on any atom is -0.497 e. The lowest BCUT2D eigenvalue weighted by atomic mass is 10.2. The van der Waals surface area contributed by atoms with E-state index < -0.39 is 0 Å². The van der Waals surface area contributed by atoms with Gasteiger partial charge in [-0.15, -0.1) is 0 Å². The molecule has 0 bridgehead atoms. The normalized spacial score (nSPS) is 10.1. The lowest BCUT2D eigenvalue weighted by Gasteiger charge is -2.09. The molecule has 0 aliphatic heterocycles. The molecule has 2 N–H and O–H groups in total. The minimum absolute atomic E-state index is 0.452. The zero-order valence-corrected chi connectivity index (χ0v) is 10.8. The molecule has 4 heteroatoms. The second kappa shape index (κ2) is 5.65. The number of benzene rings is 2. The maximum atomic E-state index is 6.02. The van der Waals surface area contributed by atoms with Gasteiger partial charge in [-0.05, 0) is 35.9 Å². The molecule has 3 nitrogen and oxygen atoms in total. The first-order chi connectivity index (χ1) is 8.69. The van der Waals surface area contributed by atoms with Crippen LogP contribution in [0.2, 0.25) is 5.02 Å². The molecule has 2 aromatic rings. The Labute approximate surface area is 111 Å². The minimum atomic E-state index is 0.452. The van der Waals surface area contributed by atoms with Crippen LogP contribution in [0.1, 0.15) is 5.56 Å². The molecule has 0 saturated heterocycles. The average Bonchev–Trinajstić information content (AvgIpc) is 2.38. The Hall–Kier alpha value is -1.87. The van der Waals surface area contributed by atoms with Crippen molar-refractivity contribution in [2.24, 2.45) is 0 Å². The largest absolute Gasteiger partial charge is 0.497 e. The van der Waals surface area contributed by atoms with Gasteiger partial charge in [0.05, 0.1) is 12.1 Å². The van der Waals surface area contributed by atoms with Crippen molar-refractivity contribution in [2.45, 2.75) is 6.61 Å². The Morgan fingerprint density at radius 2 is 1.83 bits per heavy atom. The predicted octanol–water partition coefficient (Wildman–Crippen LogP) is 3.51. The Morgan fingerprint density at radius 3 is 2.44 bits per heavy atom. The Kier molecular flexibility index (Phi) is 3.95. The summed E-state index contributed by atoms with van der Waals surface area (Å²) in [7, 11) is 1.64. The molecule has 0 fully saturated rings. The fourth-order valence-corrected chi connectivity index (χ4v) is 1.76. The van der Waals surface area contributed by atoms with Crippen LogP contribution in [0.15, 0.2) is 42.5 Å². The summed E-state index contributed by atoms with van der Waals surface area (Å²) in [6, 6.07) is 12.9. The van der Waals surface area contributed by atoms with E-state index in [2.05, 4.69) is 0 Å². The monoisotopic (exact) mass is 263 g/mol. The summed E-state index contributed by atoms with van der Waals surface area (Å²) in [6.45, 7) is 0.452. The van der Waals surface area contributed by atoms with Crippen molar-refractivity contribution < 1.29 is 9.47 Å². The third-order valence-electron chi connectivity index (χ3n) is 2.51. The number of methoxy groups -OCH3 is 1.